The van der Waals surface area contributed by atoms with Gasteiger partial charge >= 0.3 is 0 Å². The van der Waals surface area contributed by atoms with E-state index in [9.17, 15) is 0 Å². The minimum atomic E-state index is 0.714. The second kappa shape index (κ2) is 6.94. The lowest BCUT2D eigenvalue weighted by atomic mass is 9.76. The van der Waals surface area contributed by atoms with Crippen LogP contribution in [0.25, 0.3) is 0 Å². The topological polar surface area (TPSA) is 12.0 Å². The van der Waals surface area contributed by atoms with Crippen LogP contribution in [0.5, 0.6) is 0 Å². The molecule has 1 aromatic rings. The fourth-order valence-electron chi connectivity index (χ4n) is 3.21. The van der Waals surface area contributed by atoms with E-state index in [0.29, 0.717) is 5.92 Å². The first kappa shape index (κ1) is 13.6. The van der Waals surface area contributed by atoms with E-state index in [1.165, 1.54) is 43.2 Å². The number of hydrogen-bond acceptors (Lipinski definition) is 1. The van der Waals surface area contributed by atoms with Gasteiger partial charge in [0.05, 0.1) is 0 Å². The summed E-state index contributed by atoms with van der Waals surface area (Å²) in [6, 6.07) is 9.20. The molecule has 0 aromatic heterocycles. The van der Waals surface area contributed by atoms with Gasteiger partial charge in [0.2, 0.25) is 0 Å². The van der Waals surface area contributed by atoms with Crippen LogP contribution >= 0.6 is 0 Å². The summed E-state index contributed by atoms with van der Waals surface area (Å²) in [6.45, 7) is 6.59. The monoisotopic (exact) mass is 245 g/mol. The van der Waals surface area contributed by atoms with Gasteiger partial charge in [0, 0.05) is 6.54 Å². The van der Waals surface area contributed by atoms with Crippen LogP contribution in [-0.2, 0) is 0 Å². The molecule has 1 aliphatic carbocycles. The van der Waals surface area contributed by atoms with E-state index in [0.717, 1.165) is 19.0 Å². The highest BCUT2D eigenvalue weighted by Crippen LogP contribution is 2.35. The molecule has 0 bridgehead atoms. The summed E-state index contributed by atoms with van der Waals surface area (Å²) in [6.07, 6.45) is 7.14. The molecule has 0 radical (unpaired) electrons. The molecule has 1 N–H and O–H groups in total. The van der Waals surface area contributed by atoms with E-state index < -0.39 is 0 Å². The predicted molar refractivity (Wildman–Crippen MR) is 79.0 cm³/mol. The summed E-state index contributed by atoms with van der Waals surface area (Å²) in [5.41, 5.74) is 2.90. The van der Waals surface area contributed by atoms with Crippen molar-refractivity contribution >= 4 is 0 Å². The fraction of sp³-hybridized carbons (Fsp3) is 0.647. The van der Waals surface area contributed by atoms with Gasteiger partial charge in [0.25, 0.3) is 0 Å². The number of hydrogen-bond donors (Lipinski definition) is 1. The number of nitrogens with one attached hydrogen (secondary N) is 1. The van der Waals surface area contributed by atoms with Gasteiger partial charge in [-0.1, -0.05) is 56.0 Å². The third kappa shape index (κ3) is 3.58. The molecule has 18 heavy (non-hydrogen) atoms. The van der Waals surface area contributed by atoms with Gasteiger partial charge in [-0.15, -0.1) is 0 Å². The summed E-state index contributed by atoms with van der Waals surface area (Å²) < 4.78 is 0. The average molecular weight is 245 g/mol. The molecule has 100 valence electrons. The molecule has 1 nitrogen and oxygen atoms in total. The first-order valence-corrected chi connectivity index (χ1v) is 7.58. The largest absolute Gasteiger partial charge is 0.316 e. The van der Waals surface area contributed by atoms with Gasteiger partial charge in [-0.3, -0.25) is 0 Å². The Balaban J connectivity index is 2.10. The molecular weight excluding hydrogens is 218 g/mol. The minimum absolute atomic E-state index is 0.714. The Kier molecular flexibility index (Phi) is 5.25. The summed E-state index contributed by atoms with van der Waals surface area (Å²) >= 11 is 0. The van der Waals surface area contributed by atoms with Crippen molar-refractivity contribution in [3.05, 3.63) is 35.4 Å². The van der Waals surface area contributed by atoms with Crippen LogP contribution in [0.4, 0.5) is 0 Å². The Hall–Kier alpha value is -0.820. The van der Waals surface area contributed by atoms with Crippen LogP contribution < -0.4 is 5.32 Å². The van der Waals surface area contributed by atoms with Crippen LogP contribution in [0, 0.1) is 12.8 Å². The van der Waals surface area contributed by atoms with Gasteiger partial charge in [0.1, 0.15) is 0 Å². The van der Waals surface area contributed by atoms with Gasteiger partial charge in [-0.25, -0.2) is 0 Å². The molecule has 1 unspecified atom stereocenters. The molecule has 2 rings (SSSR count). The first-order chi connectivity index (χ1) is 8.81. The SMILES string of the molecule is CCNCC(c1ccc(C)cc1)C1CCCCC1. The summed E-state index contributed by atoms with van der Waals surface area (Å²) in [5.74, 6) is 1.60. The zero-order valence-corrected chi connectivity index (χ0v) is 11.9. The van der Waals surface area contributed by atoms with E-state index in [1.807, 2.05) is 0 Å². The van der Waals surface area contributed by atoms with Gasteiger partial charge in [0.15, 0.2) is 0 Å². The quantitative estimate of drug-likeness (QED) is 0.817. The highest BCUT2D eigenvalue weighted by atomic mass is 14.8. The Morgan fingerprint density at radius 2 is 1.78 bits per heavy atom. The molecular formula is C17H27N. The van der Waals surface area contributed by atoms with E-state index in [2.05, 4.69) is 43.4 Å². The zero-order valence-electron chi connectivity index (χ0n) is 11.9. The molecule has 0 heterocycles. The fourth-order valence-corrected chi connectivity index (χ4v) is 3.21. The summed E-state index contributed by atoms with van der Waals surface area (Å²) in [5, 5.41) is 3.56. The van der Waals surface area contributed by atoms with Crippen molar-refractivity contribution < 1.29 is 0 Å². The normalized spacial score (nSPS) is 18.8. The number of aryl methyl sites for hydroxylation is 1. The van der Waals surface area contributed by atoms with Crippen molar-refractivity contribution in [2.75, 3.05) is 13.1 Å². The Bertz CT molecular complexity index is 335. The van der Waals surface area contributed by atoms with Gasteiger partial charge in [-0.2, -0.15) is 0 Å². The molecule has 1 heteroatoms. The molecule has 1 atom stereocenters. The molecule has 0 amide bonds. The Morgan fingerprint density at radius 1 is 1.11 bits per heavy atom. The van der Waals surface area contributed by atoms with Crippen molar-refractivity contribution in [1.29, 1.82) is 0 Å². The smallest absolute Gasteiger partial charge is 0.00227 e. The molecule has 1 aliphatic rings. The predicted octanol–water partition coefficient (Wildman–Crippen LogP) is 4.27. The van der Waals surface area contributed by atoms with Crippen LogP contribution in [0.1, 0.15) is 56.1 Å². The summed E-state index contributed by atoms with van der Waals surface area (Å²) in [7, 11) is 0. The third-order valence-electron chi connectivity index (χ3n) is 4.34. The lowest BCUT2D eigenvalue weighted by Crippen LogP contribution is -2.27. The molecule has 0 spiro atoms. The van der Waals surface area contributed by atoms with Crippen LogP contribution in [0.2, 0.25) is 0 Å². The number of benzene rings is 1. The Morgan fingerprint density at radius 3 is 2.39 bits per heavy atom. The van der Waals surface area contributed by atoms with Crippen LogP contribution in [0.3, 0.4) is 0 Å². The maximum Gasteiger partial charge on any atom is 0.00227 e. The Labute approximate surface area is 112 Å². The highest BCUT2D eigenvalue weighted by Gasteiger charge is 2.24. The standard InChI is InChI=1S/C17H27N/c1-3-18-13-17(15-7-5-4-6-8-15)16-11-9-14(2)10-12-16/h9-12,15,17-18H,3-8,13H2,1-2H3. The maximum atomic E-state index is 3.56. The minimum Gasteiger partial charge on any atom is -0.316 e. The average Bonchev–Trinajstić information content (AvgIpc) is 2.42. The zero-order chi connectivity index (χ0) is 12.8. The highest BCUT2D eigenvalue weighted by molar-refractivity contribution is 5.25. The molecule has 0 saturated heterocycles. The lowest BCUT2D eigenvalue weighted by molar-refractivity contribution is 0.298. The van der Waals surface area contributed by atoms with Crippen molar-refractivity contribution in [3.63, 3.8) is 0 Å². The maximum absolute atomic E-state index is 3.56. The van der Waals surface area contributed by atoms with E-state index >= 15 is 0 Å². The molecule has 0 aliphatic heterocycles. The van der Waals surface area contributed by atoms with Crippen molar-refractivity contribution in [2.24, 2.45) is 5.92 Å². The number of likely N-dealkylation sites (N-methyl/N-ethyl adjacent to an activating group) is 1. The van der Waals surface area contributed by atoms with E-state index in [-0.39, 0.29) is 0 Å². The van der Waals surface area contributed by atoms with Gasteiger partial charge in [-0.05, 0) is 43.7 Å². The van der Waals surface area contributed by atoms with Gasteiger partial charge < -0.3 is 5.32 Å². The molecule has 1 fully saturated rings. The second-order valence-corrected chi connectivity index (χ2v) is 5.72. The molecule has 1 saturated carbocycles. The van der Waals surface area contributed by atoms with Crippen LogP contribution in [-0.4, -0.2) is 13.1 Å². The van der Waals surface area contributed by atoms with Crippen molar-refractivity contribution in [3.8, 4) is 0 Å². The van der Waals surface area contributed by atoms with Crippen LogP contribution in [0.15, 0.2) is 24.3 Å². The second-order valence-electron chi connectivity index (χ2n) is 5.72. The third-order valence-corrected chi connectivity index (χ3v) is 4.34. The van der Waals surface area contributed by atoms with E-state index in [1.54, 1.807) is 0 Å². The summed E-state index contributed by atoms with van der Waals surface area (Å²) in [4.78, 5) is 0. The van der Waals surface area contributed by atoms with Crippen molar-refractivity contribution in [1.82, 2.24) is 5.32 Å². The lowest BCUT2D eigenvalue weighted by Gasteiger charge is -2.31. The first-order valence-electron chi connectivity index (χ1n) is 7.58. The van der Waals surface area contributed by atoms with E-state index in [4.69, 9.17) is 0 Å². The van der Waals surface area contributed by atoms with Crippen molar-refractivity contribution in [2.45, 2.75) is 51.9 Å². The molecule has 1 aromatic carbocycles. The number of rotatable bonds is 5.